The summed E-state index contributed by atoms with van der Waals surface area (Å²) in [5.41, 5.74) is 1.63. The highest BCUT2D eigenvalue weighted by Gasteiger charge is 2.23. The summed E-state index contributed by atoms with van der Waals surface area (Å²) in [6.07, 6.45) is 3.37. The Balaban J connectivity index is 1.76. The van der Waals surface area contributed by atoms with Crippen LogP contribution in [-0.4, -0.2) is 26.1 Å². The van der Waals surface area contributed by atoms with Crippen LogP contribution >= 0.6 is 23.2 Å². The van der Waals surface area contributed by atoms with E-state index >= 15 is 0 Å². The fourth-order valence-corrected chi connectivity index (χ4v) is 3.63. The third-order valence-corrected chi connectivity index (χ3v) is 5.32. The molecule has 0 spiro atoms. The minimum absolute atomic E-state index is 0.146. The van der Waals surface area contributed by atoms with E-state index in [1.165, 1.54) is 12.1 Å². The van der Waals surface area contributed by atoms with Crippen molar-refractivity contribution in [2.75, 3.05) is 0 Å². The molecule has 0 aliphatic carbocycles. The van der Waals surface area contributed by atoms with Gasteiger partial charge in [-0.3, -0.25) is 9.78 Å². The number of hydrogen-bond donors (Lipinski definition) is 1. The van der Waals surface area contributed by atoms with E-state index in [-0.39, 0.29) is 22.7 Å². The fourth-order valence-electron chi connectivity index (χ4n) is 3.20. The van der Waals surface area contributed by atoms with Gasteiger partial charge in [-0.1, -0.05) is 42.6 Å². The molecule has 31 heavy (non-hydrogen) atoms. The summed E-state index contributed by atoms with van der Waals surface area (Å²) >= 11 is 12.0. The molecule has 0 aliphatic rings. The summed E-state index contributed by atoms with van der Waals surface area (Å²) in [5, 5.41) is 11.4. The number of pyridine rings is 2. The van der Waals surface area contributed by atoms with Gasteiger partial charge < -0.3 is 5.32 Å². The lowest BCUT2D eigenvalue weighted by atomic mass is 9.96. The molecule has 0 aliphatic heterocycles. The number of nitrogens with zero attached hydrogens (tertiary/aromatic N) is 4. The highest BCUT2D eigenvalue weighted by atomic mass is 35.5. The van der Waals surface area contributed by atoms with Crippen molar-refractivity contribution in [1.29, 1.82) is 0 Å². The molecule has 162 valence electrons. The Morgan fingerprint density at radius 2 is 2.00 bits per heavy atom. The van der Waals surface area contributed by atoms with E-state index < -0.39 is 11.9 Å². The number of nitrogens with one attached hydrogen (secondary N) is 1. The van der Waals surface area contributed by atoms with Gasteiger partial charge in [0.15, 0.2) is 11.0 Å². The zero-order chi connectivity index (χ0) is 22.4. The first-order chi connectivity index (χ1) is 14.9. The van der Waals surface area contributed by atoms with Crippen molar-refractivity contribution in [3.8, 4) is 11.4 Å². The zero-order valence-corrected chi connectivity index (χ0v) is 18.7. The number of amides is 1. The predicted molar refractivity (Wildman–Crippen MR) is 118 cm³/mol. The summed E-state index contributed by atoms with van der Waals surface area (Å²) in [7, 11) is 0. The van der Waals surface area contributed by atoms with Crippen molar-refractivity contribution in [1.82, 2.24) is 25.5 Å². The predicted octanol–water partition coefficient (Wildman–Crippen LogP) is 5.22. The number of carbonyl (C=O) groups is 1. The molecule has 9 heteroatoms. The maximum absolute atomic E-state index is 14.3. The molecule has 0 bridgehead atoms. The minimum Gasteiger partial charge on any atom is -0.348 e. The Morgan fingerprint density at radius 3 is 2.68 bits per heavy atom. The molecule has 0 fully saturated rings. The average molecular weight is 462 g/mol. The van der Waals surface area contributed by atoms with Crippen LogP contribution in [0.4, 0.5) is 4.39 Å². The van der Waals surface area contributed by atoms with Crippen molar-refractivity contribution in [3.63, 3.8) is 0 Å². The molecule has 3 aromatic heterocycles. The summed E-state index contributed by atoms with van der Waals surface area (Å²) < 4.78 is 14.3. The van der Waals surface area contributed by atoms with Gasteiger partial charge in [0, 0.05) is 18.5 Å². The number of hydrogen-bond acceptors (Lipinski definition) is 5. The molecule has 0 radical (unpaired) electrons. The molecular weight excluding hydrogens is 440 g/mol. The maximum Gasteiger partial charge on any atom is 0.224 e. The van der Waals surface area contributed by atoms with E-state index in [1.54, 1.807) is 37.4 Å². The van der Waals surface area contributed by atoms with E-state index in [1.807, 2.05) is 6.92 Å². The van der Waals surface area contributed by atoms with E-state index in [4.69, 9.17) is 23.2 Å². The third-order valence-electron chi connectivity index (χ3n) is 4.81. The summed E-state index contributed by atoms with van der Waals surface area (Å²) in [5.74, 6) is -0.982. The van der Waals surface area contributed by atoms with Crippen LogP contribution in [0, 0.1) is 11.7 Å². The van der Waals surface area contributed by atoms with E-state index in [0.717, 1.165) is 6.42 Å². The lowest BCUT2D eigenvalue weighted by Gasteiger charge is -2.20. The van der Waals surface area contributed by atoms with Gasteiger partial charge in [0.05, 0.1) is 28.1 Å². The van der Waals surface area contributed by atoms with E-state index in [2.05, 4.69) is 25.5 Å². The monoisotopic (exact) mass is 461 g/mol. The van der Waals surface area contributed by atoms with Crippen LogP contribution < -0.4 is 5.32 Å². The second-order valence-corrected chi connectivity index (χ2v) is 7.96. The Bertz CT molecular complexity index is 1050. The molecule has 0 saturated heterocycles. The molecule has 1 N–H and O–H groups in total. The topological polar surface area (TPSA) is 80.7 Å². The normalized spacial score (nSPS) is 12.9. The van der Waals surface area contributed by atoms with Crippen LogP contribution in [0.1, 0.15) is 44.1 Å². The van der Waals surface area contributed by atoms with Crippen molar-refractivity contribution < 1.29 is 9.18 Å². The number of halogens is 3. The van der Waals surface area contributed by atoms with Crippen LogP contribution in [0.3, 0.4) is 0 Å². The van der Waals surface area contributed by atoms with Gasteiger partial charge in [-0.25, -0.2) is 9.37 Å². The Kier molecular flexibility index (Phi) is 7.87. The fraction of sp³-hybridized carbons (Fsp3) is 0.318. The van der Waals surface area contributed by atoms with Gasteiger partial charge in [-0.15, -0.1) is 5.10 Å². The largest absolute Gasteiger partial charge is 0.348 e. The number of aromatic nitrogens is 4. The Labute approximate surface area is 190 Å². The van der Waals surface area contributed by atoms with Gasteiger partial charge in [0.25, 0.3) is 0 Å². The molecule has 2 unspecified atom stereocenters. The number of carbonyl (C=O) groups excluding carboxylic acids is 1. The summed E-state index contributed by atoms with van der Waals surface area (Å²) in [6, 6.07) is 9.18. The standard InChI is InChI=1S/C22H22Cl2FN5O/c1-3-6-14(11-19-15(23)12-20(24)30-29-19)22(31)27-13(2)17-9-8-16(25)21(28-17)18-7-4-5-10-26-18/h4-5,7-10,12-14H,3,6,11H2,1-2H3,(H,27,31). The molecule has 3 heterocycles. The van der Waals surface area contributed by atoms with Crippen molar-refractivity contribution >= 4 is 29.1 Å². The Morgan fingerprint density at radius 1 is 1.19 bits per heavy atom. The van der Waals surface area contributed by atoms with Gasteiger partial charge in [-0.05, 0) is 43.7 Å². The van der Waals surface area contributed by atoms with Gasteiger partial charge in [0.2, 0.25) is 5.91 Å². The van der Waals surface area contributed by atoms with Crippen molar-refractivity contribution in [3.05, 3.63) is 70.0 Å². The van der Waals surface area contributed by atoms with E-state index in [0.29, 0.717) is 34.9 Å². The minimum atomic E-state index is -0.471. The van der Waals surface area contributed by atoms with Crippen LogP contribution in [0.5, 0.6) is 0 Å². The molecular formula is C22H22Cl2FN5O. The molecule has 3 aromatic rings. The smallest absolute Gasteiger partial charge is 0.224 e. The first-order valence-corrected chi connectivity index (χ1v) is 10.7. The highest BCUT2D eigenvalue weighted by molar-refractivity contribution is 6.34. The molecule has 1 amide bonds. The SMILES string of the molecule is CCCC(Cc1nnc(Cl)cc1Cl)C(=O)NC(C)c1ccc(F)c(-c2ccccn2)n1. The van der Waals surface area contributed by atoms with E-state index in [9.17, 15) is 9.18 Å². The summed E-state index contributed by atoms with van der Waals surface area (Å²) in [4.78, 5) is 21.5. The van der Waals surface area contributed by atoms with Gasteiger partial charge in [-0.2, -0.15) is 5.10 Å². The van der Waals surface area contributed by atoms with Crippen LogP contribution in [0.2, 0.25) is 10.2 Å². The second kappa shape index (κ2) is 10.6. The molecule has 0 aromatic carbocycles. The average Bonchev–Trinajstić information content (AvgIpc) is 2.76. The maximum atomic E-state index is 14.3. The first-order valence-electron chi connectivity index (χ1n) is 9.94. The van der Waals surface area contributed by atoms with Gasteiger partial charge in [0.1, 0.15) is 5.69 Å². The molecule has 2 atom stereocenters. The van der Waals surface area contributed by atoms with Gasteiger partial charge >= 0.3 is 0 Å². The van der Waals surface area contributed by atoms with Crippen molar-refractivity contribution in [2.24, 2.45) is 5.92 Å². The lowest BCUT2D eigenvalue weighted by molar-refractivity contribution is -0.125. The van der Waals surface area contributed by atoms with Crippen LogP contribution in [0.15, 0.2) is 42.6 Å². The first kappa shape index (κ1) is 23.0. The number of rotatable bonds is 8. The highest BCUT2D eigenvalue weighted by Crippen LogP contribution is 2.24. The lowest BCUT2D eigenvalue weighted by Crippen LogP contribution is -2.34. The van der Waals surface area contributed by atoms with Crippen LogP contribution in [0.25, 0.3) is 11.4 Å². The summed E-state index contributed by atoms with van der Waals surface area (Å²) in [6.45, 7) is 3.80. The van der Waals surface area contributed by atoms with Crippen molar-refractivity contribution in [2.45, 2.75) is 39.2 Å². The molecule has 3 rings (SSSR count). The van der Waals surface area contributed by atoms with Crippen LogP contribution in [-0.2, 0) is 11.2 Å². The second-order valence-electron chi connectivity index (χ2n) is 7.16. The zero-order valence-electron chi connectivity index (χ0n) is 17.1. The molecule has 6 nitrogen and oxygen atoms in total. The quantitative estimate of drug-likeness (QED) is 0.497. The third kappa shape index (κ3) is 5.95. The molecule has 0 saturated carbocycles. The Hall–Kier alpha value is -2.64.